The summed E-state index contributed by atoms with van der Waals surface area (Å²) in [7, 11) is 1.34. The van der Waals surface area contributed by atoms with Gasteiger partial charge in [-0.2, -0.15) is 0 Å². The highest BCUT2D eigenvalue weighted by Crippen LogP contribution is 2.77. The van der Waals surface area contributed by atoms with Gasteiger partial charge in [0.15, 0.2) is 0 Å². The molecule has 0 N–H and O–H groups in total. The molecule has 4 rings (SSSR count). The van der Waals surface area contributed by atoms with Crippen molar-refractivity contribution in [1.82, 2.24) is 0 Å². The van der Waals surface area contributed by atoms with Crippen LogP contribution in [0.25, 0.3) is 0 Å². The van der Waals surface area contributed by atoms with E-state index in [9.17, 15) is 9.59 Å². The highest BCUT2D eigenvalue weighted by Gasteiger charge is 2.69. The van der Waals surface area contributed by atoms with Crippen LogP contribution in [0.3, 0.4) is 0 Å². The Labute approximate surface area is 209 Å². The molecule has 8 atom stereocenters. The van der Waals surface area contributed by atoms with Gasteiger partial charge in [-0.15, -0.1) is 0 Å². The summed E-state index contributed by atoms with van der Waals surface area (Å²) in [5, 5.41) is 0. The summed E-state index contributed by atoms with van der Waals surface area (Å²) < 4.78 is 4.85. The molecule has 0 spiro atoms. The first-order chi connectivity index (χ1) is 15.6. The number of ether oxygens (including phenoxy) is 1. The van der Waals surface area contributed by atoms with Gasteiger partial charge in [-0.3, -0.25) is 4.79 Å². The molecule has 34 heavy (non-hydrogen) atoms. The molecule has 0 unspecified atom stereocenters. The summed E-state index contributed by atoms with van der Waals surface area (Å²) in [5.74, 6) is 0.657. The van der Waals surface area contributed by atoms with Gasteiger partial charge in [-0.25, -0.2) is 4.79 Å². The van der Waals surface area contributed by atoms with E-state index in [0.29, 0.717) is 34.0 Å². The second-order valence-corrected chi connectivity index (χ2v) is 15.2. The van der Waals surface area contributed by atoms with Crippen LogP contribution < -0.4 is 0 Å². The predicted octanol–water partition coefficient (Wildman–Crippen LogP) is 8.00. The maximum atomic E-state index is 12.9. The monoisotopic (exact) mass is 472 g/mol. The van der Waals surface area contributed by atoms with Gasteiger partial charge in [0.1, 0.15) is 0 Å². The molecule has 0 radical (unpaired) electrons. The number of rotatable bonds is 4. The summed E-state index contributed by atoms with van der Waals surface area (Å²) in [4.78, 5) is 25.1. The molecule has 0 saturated heterocycles. The highest BCUT2D eigenvalue weighted by molar-refractivity contribution is 6.33. The molecule has 4 fully saturated rings. The Bertz CT molecular complexity index is 846. The van der Waals surface area contributed by atoms with E-state index in [0.717, 1.165) is 12.3 Å². The Balaban J connectivity index is 1.74. The van der Waals surface area contributed by atoms with E-state index in [2.05, 4.69) is 55.4 Å². The van der Waals surface area contributed by atoms with Crippen LogP contribution in [-0.2, 0) is 14.3 Å². The van der Waals surface area contributed by atoms with Crippen molar-refractivity contribution in [2.45, 2.75) is 126 Å². The molecule has 3 heteroatoms. The molecule has 3 nitrogen and oxygen atoms in total. The van der Waals surface area contributed by atoms with Gasteiger partial charge in [0.05, 0.1) is 7.11 Å². The van der Waals surface area contributed by atoms with Crippen molar-refractivity contribution < 1.29 is 14.3 Å². The molecular formula is C31H52O3. The summed E-state index contributed by atoms with van der Waals surface area (Å²) >= 11 is 0. The van der Waals surface area contributed by atoms with Crippen LogP contribution in [0.5, 0.6) is 0 Å². The lowest BCUT2D eigenvalue weighted by molar-refractivity contribution is -0.250. The minimum Gasteiger partial charge on any atom is -0.463 e. The van der Waals surface area contributed by atoms with Crippen LogP contribution in [0.1, 0.15) is 126 Å². The smallest absolute Gasteiger partial charge is 0.374 e. The highest BCUT2D eigenvalue weighted by atomic mass is 16.5. The topological polar surface area (TPSA) is 43.4 Å². The van der Waals surface area contributed by atoms with Gasteiger partial charge in [0.2, 0.25) is 5.78 Å². The van der Waals surface area contributed by atoms with E-state index in [4.69, 9.17) is 4.74 Å². The van der Waals surface area contributed by atoms with E-state index in [1.165, 1.54) is 64.9 Å². The van der Waals surface area contributed by atoms with Crippen molar-refractivity contribution in [3.63, 3.8) is 0 Å². The van der Waals surface area contributed by atoms with Gasteiger partial charge >= 0.3 is 5.97 Å². The molecule has 0 aromatic carbocycles. The van der Waals surface area contributed by atoms with E-state index >= 15 is 0 Å². The lowest BCUT2D eigenvalue weighted by Crippen LogP contribution is -2.66. The van der Waals surface area contributed by atoms with Crippen molar-refractivity contribution in [2.24, 2.45) is 50.2 Å². The quantitative estimate of drug-likeness (QED) is 0.307. The number of esters is 1. The van der Waals surface area contributed by atoms with Gasteiger partial charge in [-0.05, 0) is 108 Å². The van der Waals surface area contributed by atoms with Crippen LogP contribution in [0.4, 0.5) is 0 Å². The standard InChI is InChI=1S/C31H52O3/c1-10-27(4)12-11-22-29(6,23(27)19-21(32)25(33)34-9)16-18-31(8)24-20-26(2,3)13-14-28(24,5)15-17-30(22,31)7/h22-24H,10-20H2,1-9H3/t22-,23+,24+,27-,28+,29+,30+,31-/m0/s1. The summed E-state index contributed by atoms with van der Waals surface area (Å²) in [6.07, 6.45) is 13.1. The number of hydrogen-bond acceptors (Lipinski definition) is 3. The number of methoxy groups -OCH3 is 1. The minimum atomic E-state index is -0.658. The molecule has 4 saturated carbocycles. The van der Waals surface area contributed by atoms with E-state index in [-0.39, 0.29) is 22.5 Å². The minimum absolute atomic E-state index is 0.0961. The van der Waals surface area contributed by atoms with Crippen LogP contribution in [0.2, 0.25) is 0 Å². The average Bonchev–Trinajstić information content (AvgIpc) is 2.78. The van der Waals surface area contributed by atoms with E-state index in [1.807, 2.05) is 0 Å². The number of fused-ring (bicyclic) bond motifs is 5. The zero-order valence-electron chi connectivity index (χ0n) is 23.7. The second kappa shape index (κ2) is 8.07. The molecule has 4 aliphatic rings. The zero-order valence-corrected chi connectivity index (χ0v) is 23.7. The van der Waals surface area contributed by atoms with Crippen LogP contribution in [0, 0.1) is 50.2 Å². The van der Waals surface area contributed by atoms with Crippen molar-refractivity contribution in [1.29, 1.82) is 0 Å². The Morgan fingerprint density at radius 3 is 2.00 bits per heavy atom. The van der Waals surface area contributed by atoms with E-state index < -0.39 is 5.97 Å². The van der Waals surface area contributed by atoms with E-state index in [1.54, 1.807) is 0 Å². The molecule has 0 amide bonds. The number of carbonyl (C=O) groups excluding carboxylic acids is 2. The lowest BCUT2D eigenvalue weighted by Gasteiger charge is -2.74. The third kappa shape index (κ3) is 3.56. The fourth-order valence-electron chi connectivity index (χ4n) is 10.5. The predicted molar refractivity (Wildman–Crippen MR) is 138 cm³/mol. The van der Waals surface area contributed by atoms with Gasteiger partial charge in [0, 0.05) is 6.42 Å². The maximum absolute atomic E-state index is 12.9. The fraction of sp³-hybridized carbons (Fsp3) is 0.935. The normalized spacial score (nSPS) is 49.9. The van der Waals surface area contributed by atoms with Crippen LogP contribution >= 0.6 is 0 Å². The Morgan fingerprint density at radius 1 is 0.794 bits per heavy atom. The zero-order chi connectivity index (χ0) is 25.4. The molecule has 0 bridgehead atoms. The number of Topliss-reactive ketones (excluding diaryl/α,β-unsaturated/α-hetero) is 1. The number of ketones is 1. The Kier molecular flexibility index (Phi) is 6.22. The largest absolute Gasteiger partial charge is 0.463 e. The Hall–Kier alpha value is -0.860. The first-order valence-corrected chi connectivity index (χ1v) is 14.2. The summed E-state index contributed by atoms with van der Waals surface area (Å²) in [6.45, 7) is 20.1. The lowest BCUT2D eigenvalue weighted by atomic mass is 9.31. The maximum Gasteiger partial charge on any atom is 0.374 e. The second-order valence-electron chi connectivity index (χ2n) is 15.2. The van der Waals surface area contributed by atoms with Crippen molar-refractivity contribution in [3.8, 4) is 0 Å². The molecule has 0 heterocycles. The average molecular weight is 473 g/mol. The number of hydrogen-bond donors (Lipinski definition) is 0. The third-order valence-electron chi connectivity index (χ3n) is 13.3. The first-order valence-electron chi connectivity index (χ1n) is 14.2. The fourth-order valence-corrected chi connectivity index (χ4v) is 10.5. The third-order valence-corrected chi connectivity index (χ3v) is 13.3. The van der Waals surface area contributed by atoms with Gasteiger partial charge < -0.3 is 4.74 Å². The van der Waals surface area contributed by atoms with Crippen molar-refractivity contribution in [2.75, 3.05) is 7.11 Å². The first kappa shape index (κ1) is 26.2. The van der Waals surface area contributed by atoms with Crippen LogP contribution in [0.15, 0.2) is 0 Å². The molecular weight excluding hydrogens is 420 g/mol. The summed E-state index contributed by atoms with van der Waals surface area (Å²) in [6, 6.07) is 0. The van der Waals surface area contributed by atoms with Crippen molar-refractivity contribution >= 4 is 11.8 Å². The van der Waals surface area contributed by atoms with Crippen LogP contribution in [-0.4, -0.2) is 18.9 Å². The molecule has 4 aliphatic carbocycles. The molecule has 0 aromatic heterocycles. The molecule has 0 aliphatic heterocycles. The SMILES string of the molecule is CC[C@@]1(C)CC[C@H]2[C@@](C)(CC[C@@]3(C)[C@@H]4CC(C)(C)CC[C@]4(C)CC[C@]23C)[C@@H]1CC(=O)C(=O)OC. The van der Waals surface area contributed by atoms with Crippen molar-refractivity contribution in [3.05, 3.63) is 0 Å². The summed E-state index contributed by atoms with van der Waals surface area (Å²) in [5.41, 5.74) is 1.76. The Morgan fingerprint density at radius 2 is 1.38 bits per heavy atom. The molecule has 0 aromatic rings. The molecule has 194 valence electrons. The van der Waals surface area contributed by atoms with Gasteiger partial charge in [0.25, 0.3) is 0 Å². The van der Waals surface area contributed by atoms with Gasteiger partial charge in [-0.1, -0.05) is 61.8 Å². The number of carbonyl (C=O) groups is 2.